The standard InChI is InChI=1S/C9H11N3O3/c1-5(13)11-8-7(9(14)15)4-10-12(8)6-2-3-6/h4,6H,2-3H2,1H3,(H,11,13)(H,14,15). The molecule has 0 atom stereocenters. The highest BCUT2D eigenvalue weighted by molar-refractivity contribution is 5.98. The van der Waals surface area contributed by atoms with Crippen LogP contribution in [0, 0.1) is 0 Å². The van der Waals surface area contributed by atoms with Gasteiger partial charge in [0, 0.05) is 6.92 Å². The van der Waals surface area contributed by atoms with Crippen LogP contribution < -0.4 is 5.32 Å². The topological polar surface area (TPSA) is 84.2 Å². The second-order valence-corrected chi connectivity index (χ2v) is 3.57. The van der Waals surface area contributed by atoms with Gasteiger partial charge < -0.3 is 10.4 Å². The molecule has 6 nitrogen and oxygen atoms in total. The number of carbonyl (C=O) groups is 2. The fraction of sp³-hybridized carbons (Fsp3) is 0.444. The molecule has 1 heterocycles. The summed E-state index contributed by atoms with van der Waals surface area (Å²) in [5, 5.41) is 15.4. The number of rotatable bonds is 3. The fourth-order valence-corrected chi connectivity index (χ4v) is 1.41. The van der Waals surface area contributed by atoms with Crippen molar-refractivity contribution in [1.29, 1.82) is 0 Å². The maximum atomic E-state index is 10.9. The van der Waals surface area contributed by atoms with Crippen molar-refractivity contribution in [2.45, 2.75) is 25.8 Å². The summed E-state index contributed by atoms with van der Waals surface area (Å²) < 4.78 is 1.57. The number of carbonyl (C=O) groups excluding carboxylic acids is 1. The van der Waals surface area contributed by atoms with Gasteiger partial charge in [-0.1, -0.05) is 0 Å². The normalized spacial score (nSPS) is 15.0. The van der Waals surface area contributed by atoms with Crippen LogP contribution in [0.1, 0.15) is 36.2 Å². The maximum absolute atomic E-state index is 10.9. The van der Waals surface area contributed by atoms with Crippen LogP contribution in [0.15, 0.2) is 6.20 Å². The van der Waals surface area contributed by atoms with E-state index in [0.29, 0.717) is 0 Å². The maximum Gasteiger partial charge on any atom is 0.341 e. The summed E-state index contributed by atoms with van der Waals surface area (Å²) in [6.07, 6.45) is 3.23. The first-order valence-corrected chi connectivity index (χ1v) is 4.68. The first-order valence-electron chi connectivity index (χ1n) is 4.68. The van der Waals surface area contributed by atoms with E-state index in [9.17, 15) is 9.59 Å². The molecule has 2 N–H and O–H groups in total. The lowest BCUT2D eigenvalue weighted by atomic mass is 10.3. The fourth-order valence-electron chi connectivity index (χ4n) is 1.41. The first kappa shape index (κ1) is 9.70. The number of hydrogen-bond donors (Lipinski definition) is 2. The van der Waals surface area contributed by atoms with E-state index in [1.54, 1.807) is 4.68 Å². The molecule has 0 aromatic carbocycles. The van der Waals surface area contributed by atoms with Gasteiger partial charge in [-0.2, -0.15) is 5.10 Å². The van der Waals surface area contributed by atoms with Crippen LogP contribution in [0.2, 0.25) is 0 Å². The average molecular weight is 209 g/mol. The van der Waals surface area contributed by atoms with Gasteiger partial charge in [0.15, 0.2) is 0 Å². The molecule has 1 aliphatic carbocycles. The van der Waals surface area contributed by atoms with E-state index in [0.717, 1.165) is 12.8 Å². The van der Waals surface area contributed by atoms with E-state index in [4.69, 9.17) is 5.11 Å². The SMILES string of the molecule is CC(=O)Nc1c(C(=O)O)cnn1C1CC1. The Hall–Kier alpha value is -1.85. The highest BCUT2D eigenvalue weighted by Gasteiger charge is 2.29. The molecule has 1 aromatic rings. The van der Waals surface area contributed by atoms with Crippen molar-refractivity contribution < 1.29 is 14.7 Å². The molecule has 2 rings (SSSR count). The van der Waals surface area contributed by atoms with Crippen LogP contribution in [-0.4, -0.2) is 26.8 Å². The van der Waals surface area contributed by atoms with Crippen molar-refractivity contribution in [3.05, 3.63) is 11.8 Å². The molecule has 6 heteroatoms. The van der Waals surface area contributed by atoms with Crippen LogP contribution in [0.5, 0.6) is 0 Å². The van der Waals surface area contributed by atoms with Gasteiger partial charge in [-0.05, 0) is 12.8 Å². The molecule has 0 spiro atoms. The zero-order valence-corrected chi connectivity index (χ0v) is 8.23. The zero-order valence-electron chi connectivity index (χ0n) is 8.23. The summed E-state index contributed by atoms with van der Waals surface area (Å²) in [5.41, 5.74) is 0.0390. The number of aromatic nitrogens is 2. The number of carboxylic acids is 1. The van der Waals surface area contributed by atoms with E-state index < -0.39 is 5.97 Å². The number of nitrogens with one attached hydrogen (secondary N) is 1. The molecule has 80 valence electrons. The minimum absolute atomic E-state index is 0.0390. The Morgan fingerprint density at radius 1 is 1.60 bits per heavy atom. The zero-order chi connectivity index (χ0) is 11.0. The van der Waals surface area contributed by atoms with E-state index in [1.165, 1.54) is 13.1 Å². The molecule has 0 saturated heterocycles. The summed E-state index contributed by atoms with van der Waals surface area (Å²) in [6.45, 7) is 1.34. The van der Waals surface area contributed by atoms with Crippen molar-refractivity contribution >= 4 is 17.7 Å². The number of carboxylic acid groups (broad SMARTS) is 1. The minimum Gasteiger partial charge on any atom is -0.477 e. The lowest BCUT2D eigenvalue weighted by molar-refractivity contribution is -0.114. The molecule has 1 aliphatic rings. The van der Waals surface area contributed by atoms with Crippen molar-refractivity contribution in [2.75, 3.05) is 5.32 Å². The molecule has 1 amide bonds. The minimum atomic E-state index is -1.08. The highest BCUT2D eigenvalue weighted by Crippen LogP contribution is 2.37. The van der Waals surface area contributed by atoms with Crippen LogP contribution in [-0.2, 0) is 4.79 Å². The molecular weight excluding hydrogens is 198 g/mol. The van der Waals surface area contributed by atoms with E-state index >= 15 is 0 Å². The number of hydrogen-bond acceptors (Lipinski definition) is 3. The Labute approximate surface area is 85.9 Å². The molecule has 0 bridgehead atoms. The lowest BCUT2D eigenvalue weighted by Crippen LogP contribution is -2.14. The smallest absolute Gasteiger partial charge is 0.341 e. The summed E-state index contributed by atoms with van der Waals surface area (Å²) >= 11 is 0. The van der Waals surface area contributed by atoms with Gasteiger partial charge in [0.05, 0.1) is 12.2 Å². The predicted molar refractivity (Wildman–Crippen MR) is 51.8 cm³/mol. The van der Waals surface area contributed by atoms with E-state index in [-0.39, 0.29) is 23.3 Å². The summed E-state index contributed by atoms with van der Waals surface area (Å²) in [6, 6.07) is 0.236. The average Bonchev–Trinajstić information content (AvgIpc) is 2.88. The number of anilines is 1. The van der Waals surface area contributed by atoms with Crippen molar-refractivity contribution in [1.82, 2.24) is 9.78 Å². The molecule has 15 heavy (non-hydrogen) atoms. The molecule has 1 fully saturated rings. The van der Waals surface area contributed by atoms with Crippen molar-refractivity contribution in [3.8, 4) is 0 Å². The third kappa shape index (κ3) is 1.83. The molecule has 0 aliphatic heterocycles. The van der Waals surface area contributed by atoms with Gasteiger partial charge in [0.25, 0.3) is 0 Å². The number of aromatic carboxylic acids is 1. The van der Waals surface area contributed by atoms with Gasteiger partial charge in [-0.3, -0.25) is 4.79 Å². The van der Waals surface area contributed by atoms with Gasteiger partial charge in [-0.15, -0.1) is 0 Å². The van der Waals surface area contributed by atoms with Crippen LogP contribution in [0.25, 0.3) is 0 Å². The monoisotopic (exact) mass is 209 g/mol. The van der Waals surface area contributed by atoms with Gasteiger partial charge in [-0.25, -0.2) is 9.48 Å². The van der Waals surface area contributed by atoms with Crippen molar-refractivity contribution in [3.63, 3.8) is 0 Å². The molecule has 0 radical (unpaired) electrons. The van der Waals surface area contributed by atoms with Crippen LogP contribution >= 0.6 is 0 Å². The molecule has 0 unspecified atom stereocenters. The third-order valence-corrected chi connectivity index (χ3v) is 2.21. The Kier molecular flexibility index (Phi) is 2.18. The van der Waals surface area contributed by atoms with E-state index in [1.807, 2.05) is 0 Å². The second kappa shape index (κ2) is 3.38. The Bertz CT molecular complexity index is 420. The second-order valence-electron chi connectivity index (χ2n) is 3.57. The van der Waals surface area contributed by atoms with Gasteiger partial charge >= 0.3 is 5.97 Å². The number of amides is 1. The Balaban J connectivity index is 2.38. The molecule has 1 saturated carbocycles. The Morgan fingerprint density at radius 3 is 2.73 bits per heavy atom. The van der Waals surface area contributed by atoms with Crippen molar-refractivity contribution in [2.24, 2.45) is 0 Å². The largest absolute Gasteiger partial charge is 0.477 e. The third-order valence-electron chi connectivity index (χ3n) is 2.21. The summed E-state index contributed by atoms with van der Waals surface area (Å²) in [7, 11) is 0. The Morgan fingerprint density at radius 2 is 2.27 bits per heavy atom. The number of nitrogens with zero attached hydrogens (tertiary/aromatic N) is 2. The lowest BCUT2D eigenvalue weighted by Gasteiger charge is -2.06. The summed E-state index contributed by atoms with van der Waals surface area (Å²) in [4.78, 5) is 21.8. The van der Waals surface area contributed by atoms with E-state index in [2.05, 4.69) is 10.4 Å². The van der Waals surface area contributed by atoms with Gasteiger partial charge in [0.1, 0.15) is 11.4 Å². The van der Waals surface area contributed by atoms with Crippen LogP contribution in [0.3, 0.4) is 0 Å². The molecule has 1 aromatic heterocycles. The highest BCUT2D eigenvalue weighted by atomic mass is 16.4. The summed E-state index contributed by atoms with van der Waals surface area (Å²) in [5.74, 6) is -1.08. The van der Waals surface area contributed by atoms with Gasteiger partial charge in [0.2, 0.25) is 5.91 Å². The first-order chi connectivity index (χ1) is 7.09. The predicted octanol–water partition coefficient (Wildman–Crippen LogP) is 0.875. The van der Waals surface area contributed by atoms with Crippen LogP contribution in [0.4, 0.5) is 5.82 Å². The molecular formula is C9H11N3O3. The quantitative estimate of drug-likeness (QED) is 0.773.